The maximum absolute atomic E-state index is 11.7. The molecule has 1 aromatic carbocycles. The van der Waals surface area contributed by atoms with Gasteiger partial charge in [0.25, 0.3) is 0 Å². The number of halogens is 1. The molecule has 3 nitrogen and oxygen atoms in total. The lowest BCUT2D eigenvalue weighted by atomic mass is 9.75. The van der Waals surface area contributed by atoms with E-state index in [1.807, 2.05) is 24.3 Å². The van der Waals surface area contributed by atoms with Gasteiger partial charge >= 0.3 is 0 Å². The van der Waals surface area contributed by atoms with Crippen LogP contribution in [0.3, 0.4) is 0 Å². The molecule has 0 spiro atoms. The lowest BCUT2D eigenvalue weighted by Crippen LogP contribution is -2.49. The average molecular weight is 253 g/mol. The monoisotopic (exact) mass is 252 g/mol. The number of carbonyl (C=O) groups excluding carboxylic acids is 1. The fourth-order valence-corrected chi connectivity index (χ4v) is 2.12. The molecule has 1 aliphatic carbocycles. The molecule has 0 atom stereocenters. The summed E-state index contributed by atoms with van der Waals surface area (Å²) < 4.78 is 0. The predicted molar refractivity (Wildman–Crippen MR) is 68.7 cm³/mol. The molecule has 0 bridgehead atoms. The van der Waals surface area contributed by atoms with Gasteiger partial charge in [0.15, 0.2) is 0 Å². The first-order valence-corrected chi connectivity index (χ1v) is 6.25. The number of amides is 1. The first-order valence-electron chi connectivity index (χ1n) is 5.87. The van der Waals surface area contributed by atoms with Crippen molar-refractivity contribution in [3.8, 4) is 0 Å². The third-order valence-corrected chi connectivity index (χ3v) is 3.52. The van der Waals surface area contributed by atoms with E-state index in [4.69, 9.17) is 17.3 Å². The molecule has 1 aromatic rings. The lowest BCUT2D eigenvalue weighted by Gasteiger charge is -2.37. The molecule has 0 aliphatic heterocycles. The van der Waals surface area contributed by atoms with Crippen LogP contribution in [0.5, 0.6) is 0 Å². The van der Waals surface area contributed by atoms with Crippen LogP contribution in [-0.4, -0.2) is 11.4 Å². The van der Waals surface area contributed by atoms with Gasteiger partial charge in [-0.15, -0.1) is 0 Å². The fraction of sp³-hybridized carbons (Fsp3) is 0.462. The SMILES string of the molecule is NC1(CC(=O)NCc2ccc(Cl)cc2)CCC1. The Labute approximate surface area is 106 Å². The van der Waals surface area contributed by atoms with Crippen LogP contribution >= 0.6 is 11.6 Å². The number of benzene rings is 1. The van der Waals surface area contributed by atoms with Crippen LogP contribution in [0.2, 0.25) is 5.02 Å². The van der Waals surface area contributed by atoms with Crippen molar-refractivity contribution in [2.75, 3.05) is 0 Å². The normalized spacial score (nSPS) is 17.3. The Hall–Kier alpha value is -1.06. The minimum Gasteiger partial charge on any atom is -0.352 e. The number of nitrogens with two attached hydrogens (primary N) is 1. The topological polar surface area (TPSA) is 55.1 Å². The van der Waals surface area contributed by atoms with Crippen LogP contribution in [0.4, 0.5) is 0 Å². The van der Waals surface area contributed by atoms with Crippen LogP contribution in [0.25, 0.3) is 0 Å². The van der Waals surface area contributed by atoms with E-state index in [-0.39, 0.29) is 11.4 Å². The van der Waals surface area contributed by atoms with Crippen molar-refractivity contribution < 1.29 is 4.79 Å². The first-order chi connectivity index (χ1) is 8.07. The van der Waals surface area contributed by atoms with Crippen LogP contribution in [-0.2, 0) is 11.3 Å². The lowest BCUT2D eigenvalue weighted by molar-refractivity contribution is -0.123. The van der Waals surface area contributed by atoms with Crippen molar-refractivity contribution in [1.82, 2.24) is 5.32 Å². The summed E-state index contributed by atoms with van der Waals surface area (Å²) in [7, 11) is 0. The minimum absolute atomic E-state index is 0.0298. The van der Waals surface area contributed by atoms with Gasteiger partial charge in [0.1, 0.15) is 0 Å². The molecule has 0 unspecified atom stereocenters. The fourth-order valence-electron chi connectivity index (χ4n) is 1.99. The highest BCUT2D eigenvalue weighted by atomic mass is 35.5. The van der Waals surface area contributed by atoms with E-state index in [2.05, 4.69) is 5.32 Å². The largest absolute Gasteiger partial charge is 0.352 e. The van der Waals surface area contributed by atoms with Gasteiger partial charge in [-0.05, 0) is 37.0 Å². The van der Waals surface area contributed by atoms with E-state index in [0.29, 0.717) is 18.0 Å². The molecule has 0 radical (unpaired) electrons. The number of hydrogen-bond donors (Lipinski definition) is 2. The number of hydrogen-bond acceptors (Lipinski definition) is 2. The summed E-state index contributed by atoms with van der Waals surface area (Å²) in [5.41, 5.74) is 6.81. The molecule has 0 aromatic heterocycles. The van der Waals surface area contributed by atoms with Gasteiger partial charge in [0, 0.05) is 23.5 Å². The molecule has 0 heterocycles. The molecule has 0 saturated heterocycles. The molecule has 4 heteroatoms. The van der Waals surface area contributed by atoms with Crippen molar-refractivity contribution in [3.63, 3.8) is 0 Å². The second kappa shape index (κ2) is 5.07. The zero-order valence-corrected chi connectivity index (χ0v) is 10.5. The molecule has 2 rings (SSSR count). The summed E-state index contributed by atoms with van der Waals surface area (Å²) in [6, 6.07) is 7.45. The quantitative estimate of drug-likeness (QED) is 0.864. The second-order valence-corrected chi connectivity index (χ2v) is 5.23. The maximum Gasteiger partial charge on any atom is 0.222 e. The van der Waals surface area contributed by atoms with Gasteiger partial charge in [0.2, 0.25) is 5.91 Å². The van der Waals surface area contributed by atoms with Gasteiger partial charge in [0.05, 0.1) is 0 Å². The Morgan fingerprint density at radius 3 is 2.53 bits per heavy atom. The van der Waals surface area contributed by atoms with Crippen molar-refractivity contribution >= 4 is 17.5 Å². The Morgan fingerprint density at radius 2 is 2.00 bits per heavy atom. The predicted octanol–water partition coefficient (Wildman–Crippen LogP) is 2.23. The zero-order valence-electron chi connectivity index (χ0n) is 9.71. The van der Waals surface area contributed by atoms with E-state index < -0.39 is 0 Å². The molecule has 3 N–H and O–H groups in total. The maximum atomic E-state index is 11.7. The molecule has 17 heavy (non-hydrogen) atoms. The van der Waals surface area contributed by atoms with Crippen molar-refractivity contribution in [1.29, 1.82) is 0 Å². The standard InChI is InChI=1S/C13H17ClN2O/c14-11-4-2-10(3-5-11)9-16-12(17)8-13(15)6-1-7-13/h2-5H,1,6-9,15H2,(H,16,17). The third kappa shape index (κ3) is 3.45. The highest BCUT2D eigenvalue weighted by Gasteiger charge is 2.34. The molecule has 92 valence electrons. The third-order valence-electron chi connectivity index (χ3n) is 3.26. The highest BCUT2D eigenvalue weighted by molar-refractivity contribution is 6.30. The second-order valence-electron chi connectivity index (χ2n) is 4.80. The van der Waals surface area contributed by atoms with Crippen LogP contribution < -0.4 is 11.1 Å². The van der Waals surface area contributed by atoms with Gasteiger partial charge in [-0.25, -0.2) is 0 Å². The van der Waals surface area contributed by atoms with Crippen LogP contribution in [0, 0.1) is 0 Å². The Morgan fingerprint density at radius 1 is 1.35 bits per heavy atom. The van der Waals surface area contributed by atoms with Crippen molar-refractivity contribution in [3.05, 3.63) is 34.9 Å². The van der Waals surface area contributed by atoms with Crippen molar-refractivity contribution in [2.45, 2.75) is 37.8 Å². The average Bonchev–Trinajstić information content (AvgIpc) is 2.26. The molecule has 1 aliphatic rings. The summed E-state index contributed by atoms with van der Waals surface area (Å²) in [4.78, 5) is 11.7. The number of nitrogens with one attached hydrogen (secondary N) is 1. The van der Waals surface area contributed by atoms with E-state index >= 15 is 0 Å². The first kappa shape index (κ1) is 12.4. The smallest absolute Gasteiger partial charge is 0.222 e. The Kier molecular flexibility index (Phi) is 3.69. The summed E-state index contributed by atoms with van der Waals surface area (Å²) in [5.74, 6) is 0.0298. The summed E-state index contributed by atoms with van der Waals surface area (Å²) >= 11 is 5.78. The summed E-state index contributed by atoms with van der Waals surface area (Å²) in [6.45, 7) is 0.534. The highest BCUT2D eigenvalue weighted by Crippen LogP contribution is 2.31. The minimum atomic E-state index is -0.246. The summed E-state index contributed by atoms with van der Waals surface area (Å²) in [6.07, 6.45) is 3.49. The van der Waals surface area contributed by atoms with Gasteiger partial charge in [-0.2, -0.15) is 0 Å². The Bertz CT molecular complexity index is 398. The molecule has 1 fully saturated rings. The van der Waals surface area contributed by atoms with E-state index in [1.54, 1.807) is 0 Å². The van der Waals surface area contributed by atoms with E-state index in [0.717, 1.165) is 24.8 Å². The van der Waals surface area contributed by atoms with Crippen molar-refractivity contribution in [2.24, 2.45) is 5.73 Å². The van der Waals surface area contributed by atoms with Gasteiger partial charge in [-0.1, -0.05) is 23.7 Å². The van der Waals surface area contributed by atoms with E-state index in [9.17, 15) is 4.79 Å². The van der Waals surface area contributed by atoms with Gasteiger partial charge < -0.3 is 11.1 Å². The van der Waals surface area contributed by atoms with Gasteiger partial charge in [-0.3, -0.25) is 4.79 Å². The molecular weight excluding hydrogens is 236 g/mol. The van der Waals surface area contributed by atoms with Crippen LogP contribution in [0.1, 0.15) is 31.2 Å². The number of carbonyl (C=O) groups is 1. The summed E-state index contributed by atoms with van der Waals surface area (Å²) in [5, 5.41) is 3.58. The molecular formula is C13H17ClN2O. The number of rotatable bonds is 4. The zero-order chi connectivity index (χ0) is 12.3. The molecule has 1 amide bonds. The van der Waals surface area contributed by atoms with E-state index in [1.165, 1.54) is 0 Å². The van der Waals surface area contributed by atoms with Crippen LogP contribution in [0.15, 0.2) is 24.3 Å². The Balaban J connectivity index is 1.78. The molecule has 1 saturated carbocycles.